The largest absolute Gasteiger partial charge is 0.508 e. The van der Waals surface area contributed by atoms with E-state index in [2.05, 4.69) is 12.2 Å². The maximum absolute atomic E-state index is 9.21. The van der Waals surface area contributed by atoms with Crippen LogP contribution >= 0.6 is 0 Å². The van der Waals surface area contributed by atoms with Crippen LogP contribution in [0.5, 0.6) is 5.75 Å². The highest BCUT2D eigenvalue weighted by molar-refractivity contribution is 5.28. The lowest BCUT2D eigenvalue weighted by Crippen LogP contribution is -2.41. The molecule has 2 unspecified atom stereocenters. The monoisotopic (exact) mass is 207 g/mol. The van der Waals surface area contributed by atoms with Gasteiger partial charge in [-0.3, -0.25) is 0 Å². The fourth-order valence-electron chi connectivity index (χ4n) is 1.90. The van der Waals surface area contributed by atoms with Crippen LogP contribution in [0.1, 0.15) is 18.4 Å². The van der Waals surface area contributed by atoms with Crippen molar-refractivity contribution in [2.45, 2.75) is 18.9 Å². The van der Waals surface area contributed by atoms with E-state index in [1.807, 2.05) is 12.1 Å². The molecule has 1 heterocycles. The Morgan fingerprint density at radius 2 is 2.13 bits per heavy atom. The van der Waals surface area contributed by atoms with Gasteiger partial charge in [-0.15, -0.1) is 0 Å². The molecule has 0 saturated carbocycles. The van der Waals surface area contributed by atoms with E-state index in [4.69, 9.17) is 4.74 Å². The number of phenolic OH excluding ortho intramolecular Hbond substituents is 1. The van der Waals surface area contributed by atoms with Gasteiger partial charge in [0.2, 0.25) is 0 Å². The molecule has 3 heteroatoms. The molecule has 0 amide bonds. The third-order valence-corrected chi connectivity index (χ3v) is 2.93. The number of aromatic hydroxyl groups is 1. The van der Waals surface area contributed by atoms with Crippen molar-refractivity contribution in [1.82, 2.24) is 5.32 Å². The SMILES string of the molecule is CC(c1ccc(O)cc1)C1CNCCO1. The molecule has 1 aromatic carbocycles. The molecule has 0 spiro atoms. The van der Waals surface area contributed by atoms with Gasteiger partial charge in [0.1, 0.15) is 5.75 Å². The summed E-state index contributed by atoms with van der Waals surface area (Å²) >= 11 is 0. The Balaban J connectivity index is 2.05. The summed E-state index contributed by atoms with van der Waals surface area (Å²) in [5.41, 5.74) is 1.21. The summed E-state index contributed by atoms with van der Waals surface area (Å²) in [5.74, 6) is 0.673. The zero-order valence-electron chi connectivity index (χ0n) is 8.94. The lowest BCUT2D eigenvalue weighted by atomic mass is 9.94. The van der Waals surface area contributed by atoms with Gasteiger partial charge in [0.05, 0.1) is 12.7 Å². The minimum Gasteiger partial charge on any atom is -0.508 e. The predicted octanol–water partition coefficient (Wildman–Crippen LogP) is 1.48. The van der Waals surface area contributed by atoms with Gasteiger partial charge in [-0.25, -0.2) is 0 Å². The number of benzene rings is 1. The third kappa shape index (κ3) is 2.49. The molecule has 1 aliphatic rings. The highest BCUT2D eigenvalue weighted by atomic mass is 16.5. The van der Waals surface area contributed by atoms with Crippen molar-refractivity contribution in [3.05, 3.63) is 29.8 Å². The summed E-state index contributed by atoms with van der Waals surface area (Å²) in [6, 6.07) is 7.36. The molecule has 82 valence electrons. The van der Waals surface area contributed by atoms with Crippen LogP contribution in [0.3, 0.4) is 0 Å². The minimum atomic E-state index is 0.239. The minimum absolute atomic E-state index is 0.239. The first-order chi connectivity index (χ1) is 7.27. The molecule has 2 N–H and O–H groups in total. The van der Waals surface area contributed by atoms with E-state index in [0.717, 1.165) is 19.7 Å². The zero-order chi connectivity index (χ0) is 10.7. The summed E-state index contributed by atoms with van der Waals surface area (Å²) in [7, 11) is 0. The molecule has 0 aliphatic carbocycles. The fraction of sp³-hybridized carbons (Fsp3) is 0.500. The first-order valence-electron chi connectivity index (χ1n) is 5.38. The molecule has 0 bridgehead atoms. The van der Waals surface area contributed by atoms with Crippen LogP contribution in [0.15, 0.2) is 24.3 Å². The van der Waals surface area contributed by atoms with Crippen LogP contribution in [-0.4, -0.2) is 30.9 Å². The highest BCUT2D eigenvalue weighted by Gasteiger charge is 2.21. The van der Waals surface area contributed by atoms with E-state index in [-0.39, 0.29) is 6.10 Å². The molecule has 3 nitrogen and oxygen atoms in total. The van der Waals surface area contributed by atoms with Gasteiger partial charge in [0.25, 0.3) is 0 Å². The van der Waals surface area contributed by atoms with E-state index >= 15 is 0 Å². The van der Waals surface area contributed by atoms with Gasteiger partial charge in [-0.05, 0) is 17.7 Å². The van der Waals surface area contributed by atoms with Crippen LogP contribution in [-0.2, 0) is 4.74 Å². The van der Waals surface area contributed by atoms with Crippen LogP contribution in [0.4, 0.5) is 0 Å². The lowest BCUT2D eigenvalue weighted by molar-refractivity contribution is 0.0146. The second-order valence-corrected chi connectivity index (χ2v) is 3.99. The maximum Gasteiger partial charge on any atom is 0.115 e. The van der Waals surface area contributed by atoms with Gasteiger partial charge in [-0.2, -0.15) is 0 Å². The molecule has 0 radical (unpaired) electrons. The quantitative estimate of drug-likeness (QED) is 0.772. The van der Waals surface area contributed by atoms with Crippen molar-refractivity contribution in [3.63, 3.8) is 0 Å². The number of phenols is 1. The second-order valence-electron chi connectivity index (χ2n) is 3.99. The number of hydrogen-bond donors (Lipinski definition) is 2. The summed E-state index contributed by atoms with van der Waals surface area (Å²) in [6.45, 7) is 4.79. The smallest absolute Gasteiger partial charge is 0.115 e. The summed E-state index contributed by atoms with van der Waals surface area (Å²) in [5, 5.41) is 12.5. The van der Waals surface area contributed by atoms with Crippen LogP contribution in [0.25, 0.3) is 0 Å². The molecule has 1 aromatic rings. The van der Waals surface area contributed by atoms with Gasteiger partial charge in [-0.1, -0.05) is 19.1 Å². The molecule has 2 rings (SSSR count). The highest BCUT2D eigenvalue weighted by Crippen LogP contribution is 2.23. The molecule has 15 heavy (non-hydrogen) atoms. The zero-order valence-corrected chi connectivity index (χ0v) is 8.94. The Bertz CT molecular complexity index is 304. The fourth-order valence-corrected chi connectivity index (χ4v) is 1.90. The van der Waals surface area contributed by atoms with Gasteiger partial charge >= 0.3 is 0 Å². The van der Waals surface area contributed by atoms with Crippen molar-refractivity contribution in [1.29, 1.82) is 0 Å². The van der Waals surface area contributed by atoms with Crippen molar-refractivity contribution >= 4 is 0 Å². The number of hydrogen-bond acceptors (Lipinski definition) is 3. The number of rotatable bonds is 2. The van der Waals surface area contributed by atoms with E-state index in [1.165, 1.54) is 5.56 Å². The first-order valence-corrected chi connectivity index (χ1v) is 5.38. The van der Waals surface area contributed by atoms with Gasteiger partial charge < -0.3 is 15.2 Å². The predicted molar refractivity (Wildman–Crippen MR) is 59.1 cm³/mol. The third-order valence-electron chi connectivity index (χ3n) is 2.93. The Morgan fingerprint density at radius 1 is 1.40 bits per heavy atom. The molecule has 2 atom stereocenters. The lowest BCUT2D eigenvalue weighted by Gasteiger charge is -2.29. The number of nitrogens with one attached hydrogen (secondary N) is 1. The number of morpholine rings is 1. The second kappa shape index (κ2) is 4.64. The normalized spacial score (nSPS) is 23.7. The summed E-state index contributed by atoms with van der Waals surface area (Å²) in [6.07, 6.45) is 0.239. The standard InChI is InChI=1S/C12H17NO2/c1-9(12-8-13-6-7-15-12)10-2-4-11(14)5-3-10/h2-5,9,12-14H,6-8H2,1H3. The molecule has 0 aromatic heterocycles. The van der Waals surface area contributed by atoms with Crippen LogP contribution in [0, 0.1) is 0 Å². The van der Waals surface area contributed by atoms with Gasteiger partial charge in [0.15, 0.2) is 0 Å². The topological polar surface area (TPSA) is 41.5 Å². The number of ether oxygens (including phenoxy) is 1. The van der Waals surface area contributed by atoms with E-state index in [0.29, 0.717) is 11.7 Å². The van der Waals surface area contributed by atoms with Crippen molar-refractivity contribution in [2.24, 2.45) is 0 Å². The van der Waals surface area contributed by atoms with E-state index in [9.17, 15) is 5.11 Å². The van der Waals surface area contributed by atoms with Crippen molar-refractivity contribution < 1.29 is 9.84 Å². The van der Waals surface area contributed by atoms with Crippen LogP contribution in [0.2, 0.25) is 0 Å². The Morgan fingerprint density at radius 3 is 2.73 bits per heavy atom. The Hall–Kier alpha value is -1.06. The molecule has 1 saturated heterocycles. The summed E-state index contributed by atoms with van der Waals surface area (Å²) in [4.78, 5) is 0. The average molecular weight is 207 g/mol. The Kier molecular flexibility index (Phi) is 3.23. The first kappa shape index (κ1) is 10.5. The van der Waals surface area contributed by atoms with Crippen LogP contribution < -0.4 is 5.32 Å². The van der Waals surface area contributed by atoms with E-state index < -0.39 is 0 Å². The van der Waals surface area contributed by atoms with Crippen molar-refractivity contribution in [2.75, 3.05) is 19.7 Å². The maximum atomic E-state index is 9.21. The average Bonchev–Trinajstić information content (AvgIpc) is 2.30. The van der Waals surface area contributed by atoms with Crippen molar-refractivity contribution in [3.8, 4) is 5.75 Å². The van der Waals surface area contributed by atoms with E-state index in [1.54, 1.807) is 12.1 Å². The molecule has 1 aliphatic heterocycles. The summed E-state index contributed by atoms with van der Waals surface area (Å²) < 4.78 is 5.70. The molecular weight excluding hydrogens is 190 g/mol. The molecular formula is C12H17NO2. The molecule has 1 fully saturated rings. The Labute approximate surface area is 90.1 Å². The van der Waals surface area contributed by atoms with Gasteiger partial charge in [0, 0.05) is 19.0 Å².